The zero-order valence-electron chi connectivity index (χ0n) is 73.1. The highest BCUT2D eigenvalue weighted by Crippen LogP contribution is 2.55. The van der Waals surface area contributed by atoms with Crippen LogP contribution in [-0.2, 0) is 29.0 Å². The largest absolute Gasteiger partial charge is 0.507 e. The molecule has 0 aliphatic carbocycles. The van der Waals surface area contributed by atoms with Crippen molar-refractivity contribution in [3.8, 4) is 67.7 Å². The molecule has 6 aliphatic heterocycles. The van der Waals surface area contributed by atoms with Crippen molar-refractivity contribution >= 4 is 136 Å². The van der Waals surface area contributed by atoms with Gasteiger partial charge in [0.2, 0.25) is 23.6 Å². The summed E-state index contributed by atoms with van der Waals surface area (Å²) < 4.78 is 172. The molecule has 3 saturated heterocycles. The molecule has 12 heterocycles. The highest BCUT2D eigenvalue weighted by atomic mass is 35.5. The molecule has 6 aromatic heterocycles. The normalized spacial score (nSPS) is 16.6. The number of aromatic nitrogens is 9. The van der Waals surface area contributed by atoms with Gasteiger partial charge in [-0.1, -0.05) is 96.1 Å². The number of fused-ring (bicyclic) bond motifs is 6. The maximum Gasteiger partial charge on any atom is 0.354 e. The van der Waals surface area contributed by atoms with Gasteiger partial charge in [-0.15, -0.1) is 11.8 Å². The topological polar surface area (TPSA) is 338 Å². The van der Waals surface area contributed by atoms with Gasteiger partial charge >= 0.3 is 17.1 Å². The molecule has 4 amide bonds. The van der Waals surface area contributed by atoms with Crippen molar-refractivity contribution in [1.82, 2.24) is 58.3 Å². The monoisotopic (exact) mass is 1950 g/mol. The summed E-state index contributed by atoms with van der Waals surface area (Å²) in [4.78, 5) is 128. The van der Waals surface area contributed by atoms with E-state index in [0.717, 1.165) is 57.3 Å². The molecule has 42 heteroatoms. The van der Waals surface area contributed by atoms with E-state index in [0.29, 0.717) is 64.7 Å². The van der Waals surface area contributed by atoms with Crippen LogP contribution in [0.1, 0.15) is 93.1 Å². The minimum absolute atomic E-state index is 0.00217. The van der Waals surface area contributed by atoms with Crippen molar-refractivity contribution in [3.05, 3.63) is 244 Å². The Morgan fingerprint density at radius 2 is 0.807 bits per heavy atom. The summed E-state index contributed by atoms with van der Waals surface area (Å²) in [6, 6.07) is 7.03. The Labute approximate surface area is 781 Å². The Bertz CT molecular complexity index is 7540. The van der Waals surface area contributed by atoms with Gasteiger partial charge in [0.1, 0.15) is 51.5 Å². The number of aryl methyl sites for hydroxylation is 3. The van der Waals surface area contributed by atoms with Gasteiger partial charge in [0.05, 0.1) is 134 Å². The van der Waals surface area contributed by atoms with E-state index < -0.39 is 191 Å². The molecule has 3 fully saturated rings. The maximum absolute atomic E-state index is 16.9. The van der Waals surface area contributed by atoms with Crippen LogP contribution in [0.5, 0.6) is 17.2 Å². The molecule has 6 aliphatic rings. The number of halogens is 12. The molecule has 135 heavy (non-hydrogen) atoms. The molecule has 3 atom stereocenters. The summed E-state index contributed by atoms with van der Waals surface area (Å²) >= 11 is 21.9. The molecular formula is C93H80Cl3F9N16O12S2. The highest BCUT2D eigenvalue weighted by molar-refractivity contribution is 7.99. The molecule has 0 spiro atoms. The number of piperazine rings is 3. The summed E-state index contributed by atoms with van der Waals surface area (Å²) in [6.45, 7) is 27.7. The number of aromatic hydroxyl groups is 3. The molecule has 0 bridgehead atoms. The summed E-state index contributed by atoms with van der Waals surface area (Å²) in [6.07, 6.45) is 8.10. The van der Waals surface area contributed by atoms with Gasteiger partial charge in [0.15, 0.2) is 56.4 Å². The summed E-state index contributed by atoms with van der Waals surface area (Å²) in [5.41, 5.74) is -4.59. The van der Waals surface area contributed by atoms with Gasteiger partial charge in [0.25, 0.3) is 0 Å². The van der Waals surface area contributed by atoms with Crippen LogP contribution in [0.2, 0.25) is 15.1 Å². The third-order valence-corrected chi connectivity index (χ3v) is 28.7. The first-order valence-electron chi connectivity index (χ1n) is 42.0. The number of carbonyl (C=O) groups is 4. The first-order chi connectivity index (χ1) is 64.0. The third kappa shape index (κ3) is 15.7. The molecule has 0 radical (unpaired) electrons. The van der Waals surface area contributed by atoms with Crippen LogP contribution in [0.4, 0.5) is 62.7 Å². The first-order valence-corrected chi connectivity index (χ1v) is 45.8. The Morgan fingerprint density at radius 1 is 0.459 bits per heavy atom. The number of nitrogens with one attached hydrogen (secondary N) is 1. The first kappa shape index (κ1) is 94.8. The number of thioether (sulfide) groups is 1. The number of phenols is 3. The summed E-state index contributed by atoms with van der Waals surface area (Å²) in [7, 11) is -4.68. The number of pyridine rings is 3. The van der Waals surface area contributed by atoms with Crippen LogP contribution in [0.15, 0.2) is 135 Å². The lowest BCUT2D eigenvalue weighted by Crippen LogP contribution is -2.58. The van der Waals surface area contributed by atoms with E-state index in [9.17, 15) is 70.5 Å². The molecule has 28 nitrogen and oxygen atoms in total. The second-order valence-electron chi connectivity index (χ2n) is 33.6. The Morgan fingerprint density at radius 3 is 1.21 bits per heavy atom. The fourth-order valence-corrected chi connectivity index (χ4v) is 22.4. The molecular weight excluding hydrogens is 1870 g/mol. The molecule has 4 N–H and O–H groups in total. The summed E-state index contributed by atoms with van der Waals surface area (Å²) in [5, 5.41) is 32.6. The predicted octanol–water partition coefficient (Wildman–Crippen LogP) is 15.4. The van der Waals surface area contributed by atoms with Gasteiger partial charge in [-0.25, -0.2) is 62.3 Å². The molecule has 12 aromatic rings. The molecule has 0 saturated carbocycles. The number of benzene rings is 6. The molecule has 3 unspecified atom stereocenters. The van der Waals surface area contributed by atoms with Gasteiger partial charge in [-0.2, -0.15) is 15.0 Å². The van der Waals surface area contributed by atoms with E-state index >= 15 is 26.3 Å². The second-order valence-corrected chi connectivity index (χ2v) is 37.8. The number of hydrogen-bond donors (Lipinski definition) is 4. The number of rotatable bonds is 12. The fourth-order valence-electron chi connectivity index (χ4n) is 18.3. The van der Waals surface area contributed by atoms with Crippen LogP contribution in [0, 0.1) is 73.1 Å². The minimum atomic E-state index is -4.68. The quantitative estimate of drug-likeness (QED) is 0.0652. The SMILES string of the molecule is C=CC(=O)N1CCN2c3nc(=O)n(-c4c(C)ccnc4C(C)C)c4c(Cl)c(-c5c(O)ccc(F)c5F)c(F)c(c34)NC(=O)C2C1.C=CC(=O)N1CCN2c3nc(=O)n(-c4c(C)ccnc4C(C)C)c4c(Cl)c(-c5c(O)ccc(F)c5F)c(F)c(c34)S(=O)(=O)CC2C1.C=CC(=O)N1CCN2c3nc(=O)n(-c4c(C)ccnc4C(C)C)c4c(Cl)c(-c5c(O)ccc(F)c5F)c(F)c(c34)SCC2C1. The molecule has 6 aromatic carbocycles. The predicted molar refractivity (Wildman–Crippen MR) is 493 cm³/mol. The van der Waals surface area contributed by atoms with Gasteiger partial charge in [-0.3, -0.25) is 47.8 Å². The van der Waals surface area contributed by atoms with Gasteiger partial charge in [-0.05, 0) is 128 Å². The van der Waals surface area contributed by atoms with Crippen LogP contribution in [0.3, 0.4) is 0 Å². The van der Waals surface area contributed by atoms with E-state index in [-0.39, 0.29) is 148 Å². The number of phenolic OH excluding ortho intramolecular Hbond substituents is 3. The number of amides is 4. The third-order valence-electron chi connectivity index (χ3n) is 24.6. The smallest absolute Gasteiger partial charge is 0.354 e. The zero-order chi connectivity index (χ0) is 97.5. The lowest BCUT2D eigenvalue weighted by molar-refractivity contribution is -0.128. The molecule has 700 valence electrons. The van der Waals surface area contributed by atoms with Crippen LogP contribution in [0.25, 0.3) is 83.2 Å². The number of carbonyl (C=O) groups excluding carboxylic acids is 4. The van der Waals surface area contributed by atoms with E-state index in [4.69, 9.17) is 34.8 Å². The number of nitrogens with zero attached hydrogens (tertiary/aromatic N) is 15. The lowest BCUT2D eigenvalue weighted by atomic mass is 9.98. The Hall–Kier alpha value is -13.4. The van der Waals surface area contributed by atoms with Crippen LogP contribution < -0.4 is 37.1 Å². The zero-order valence-corrected chi connectivity index (χ0v) is 77.0. The van der Waals surface area contributed by atoms with E-state index in [1.807, 2.05) is 46.4 Å². The Kier molecular flexibility index (Phi) is 25.4. The maximum atomic E-state index is 16.9. The van der Waals surface area contributed by atoms with Gasteiger partial charge in [0, 0.05) is 93.4 Å². The van der Waals surface area contributed by atoms with Crippen molar-refractivity contribution in [1.29, 1.82) is 0 Å². The van der Waals surface area contributed by atoms with Gasteiger partial charge < -0.3 is 50.0 Å². The van der Waals surface area contributed by atoms with Crippen molar-refractivity contribution in [3.63, 3.8) is 0 Å². The van der Waals surface area contributed by atoms with Crippen molar-refractivity contribution in [2.45, 2.75) is 108 Å². The summed E-state index contributed by atoms with van der Waals surface area (Å²) in [5.74, 6) is -18.4. The van der Waals surface area contributed by atoms with E-state index in [2.05, 4.69) is 55.0 Å². The van der Waals surface area contributed by atoms with E-state index in [1.54, 1.807) is 56.3 Å². The standard InChI is InChI=1S/C31H26ClF3N6O4.C31H27ClF3N5O5S.C31H27ClF3N5O3S/c1-5-18(43)39-10-11-40-16(12-39)30(44)37-26-21-28(22(32)20(24(26)35)19-17(42)7-6-15(33)23(19)34)41(31(45)38-29(21)40)27-14(4)8-9-36-25(27)13(2)3;1-5-19(42)38-10-11-39-16(12-38)13-46(44,45)29-22-28(23(32)21(25(29)35)20-18(41)7-6-17(33)24(20)34)40(31(43)37-30(22)39)27-15(4)8-9-36-26(27)14(2)3;1-5-19(42)38-10-11-39-16(12-38)13-44-29-22-28(23(32)21(25(29)35)20-18(41)7-6-17(33)24(20)34)40(31(43)37-30(22)39)27-15(4)8-9-36-26(27)14(2)3/h5-9,13,16,42H,1,10-12H2,2-4H3,(H,37,44);5-9,14,16,41H,1,10-13H2,2-4H3;5-9,14,16,41H,1,10-13H2,2-4H3. The fraction of sp³-hybridized carbons (Fsp3) is 0.280. The Balaban J connectivity index is 0.000000147. The van der Waals surface area contributed by atoms with Crippen LogP contribution >= 0.6 is 46.6 Å². The average molecular weight is 1960 g/mol. The molecule has 18 rings (SSSR count). The second kappa shape index (κ2) is 36.1. The van der Waals surface area contributed by atoms with Crippen molar-refractivity contribution in [2.75, 3.05) is 90.4 Å². The number of sulfone groups is 1. The lowest BCUT2D eigenvalue weighted by Gasteiger charge is -2.41. The van der Waals surface area contributed by atoms with Crippen LogP contribution in [-0.4, -0.2) is 194 Å². The number of anilines is 4. The number of hydrogen-bond acceptors (Lipinski definition) is 22. The average Bonchev–Trinajstić information content (AvgIpc) is 1.20. The minimum Gasteiger partial charge on any atom is -0.507 e. The van der Waals surface area contributed by atoms with Crippen molar-refractivity contribution in [2.24, 2.45) is 0 Å². The van der Waals surface area contributed by atoms with Crippen molar-refractivity contribution < 1.29 is 82.4 Å². The highest BCUT2D eigenvalue weighted by Gasteiger charge is 2.47. The van der Waals surface area contributed by atoms with E-state index in [1.165, 1.54) is 36.4 Å².